The summed E-state index contributed by atoms with van der Waals surface area (Å²) in [7, 11) is 4.29. The summed E-state index contributed by atoms with van der Waals surface area (Å²) in [5.41, 5.74) is 0.892. The average Bonchev–Trinajstić information content (AvgIpc) is 2.84. The number of hydrogen-bond acceptors (Lipinski definition) is 7. The molecule has 1 aromatic heterocycles. The lowest BCUT2D eigenvalue weighted by Gasteiger charge is -2.33. The summed E-state index contributed by atoms with van der Waals surface area (Å²) in [5, 5.41) is 23.6. The third-order valence-electron chi connectivity index (χ3n) is 6.09. The highest BCUT2D eigenvalue weighted by Crippen LogP contribution is 2.28. The van der Waals surface area contributed by atoms with E-state index in [1.54, 1.807) is 31.3 Å². The van der Waals surface area contributed by atoms with Gasteiger partial charge >= 0.3 is 12.1 Å². The molecule has 1 aliphatic carbocycles. The molecule has 0 spiro atoms. The van der Waals surface area contributed by atoms with Crippen molar-refractivity contribution in [3.8, 4) is 11.3 Å². The molecule has 2 amide bonds. The first-order valence-electron chi connectivity index (χ1n) is 10.7. The molecule has 0 aliphatic heterocycles. The van der Waals surface area contributed by atoms with E-state index in [4.69, 9.17) is 5.41 Å². The van der Waals surface area contributed by atoms with Gasteiger partial charge in [0.2, 0.25) is 0 Å². The van der Waals surface area contributed by atoms with E-state index in [-0.39, 0.29) is 17.4 Å². The molecule has 1 aliphatic rings. The first-order valence-corrected chi connectivity index (χ1v) is 10.7. The second-order valence-corrected chi connectivity index (χ2v) is 8.20. The maximum absolute atomic E-state index is 13.2. The Balaban J connectivity index is 1.82. The van der Waals surface area contributed by atoms with Gasteiger partial charge in [0.1, 0.15) is 11.4 Å². The number of amidine groups is 1. The first kappa shape index (κ1) is 24.6. The van der Waals surface area contributed by atoms with E-state index in [1.165, 1.54) is 25.1 Å². The van der Waals surface area contributed by atoms with Crippen LogP contribution in [0.15, 0.2) is 35.1 Å². The summed E-state index contributed by atoms with van der Waals surface area (Å²) in [5.74, 6) is -1.79. The monoisotopic (exact) mass is 469 g/mol. The Bertz CT molecular complexity index is 1170. The second kappa shape index (κ2) is 10.3. The molecule has 1 saturated carbocycles. The number of carboxylic acids is 1. The molecule has 0 saturated heterocycles. The van der Waals surface area contributed by atoms with Gasteiger partial charge in [-0.1, -0.05) is 24.3 Å². The van der Waals surface area contributed by atoms with Gasteiger partial charge in [-0.3, -0.25) is 25.1 Å². The van der Waals surface area contributed by atoms with Gasteiger partial charge in [0.05, 0.1) is 18.7 Å². The fourth-order valence-corrected chi connectivity index (χ4v) is 4.00. The van der Waals surface area contributed by atoms with Gasteiger partial charge in [-0.15, -0.1) is 0 Å². The standard InChI is InChI=1S/C23H27N5O6/c1-27(16-10-8-15(9-11-16)22(31)32)20(29)17-12-18(26-28(2)21(17)30)13-4-6-14(7-5-13)19(24)25-23(33)34-3/h4-7,12,15-16H,8-11H2,1-3H3,(H,31,32)(H2,24,25,33)/t15-,16-. The molecule has 1 aromatic carbocycles. The summed E-state index contributed by atoms with van der Waals surface area (Å²) in [6.07, 6.45) is 1.35. The second-order valence-electron chi connectivity index (χ2n) is 8.20. The lowest BCUT2D eigenvalue weighted by atomic mass is 9.85. The number of carboxylic acid groups (broad SMARTS) is 1. The minimum absolute atomic E-state index is 0.0282. The zero-order chi connectivity index (χ0) is 25.0. The Labute approximate surface area is 195 Å². The van der Waals surface area contributed by atoms with Crippen LogP contribution in [0.2, 0.25) is 0 Å². The number of ether oxygens (including phenoxy) is 1. The summed E-state index contributed by atoms with van der Waals surface area (Å²) in [4.78, 5) is 49.9. The van der Waals surface area contributed by atoms with Crippen molar-refractivity contribution in [1.29, 1.82) is 5.41 Å². The minimum atomic E-state index is -0.817. The van der Waals surface area contributed by atoms with Crippen molar-refractivity contribution in [1.82, 2.24) is 20.0 Å². The lowest BCUT2D eigenvalue weighted by Crippen LogP contribution is -2.43. The Morgan fingerprint density at radius 2 is 1.79 bits per heavy atom. The Morgan fingerprint density at radius 1 is 1.18 bits per heavy atom. The van der Waals surface area contributed by atoms with Crippen molar-refractivity contribution in [2.75, 3.05) is 14.2 Å². The molecular weight excluding hydrogens is 442 g/mol. The number of rotatable bonds is 5. The number of aliphatic carboxylic acids is 1. The zero-order valence-corrected chi connectivity index (χ0v) is 19.2. The summed E-state index contributed by atoms with van der Waals surface area (Å²) < 4.78 is 5.58. The molecule has 34 heavy (non-hydrogen) atoms. The lowest BCUT2D eigenvalue weighted by molar-refractivity contribution is -0.143. The number of carbonyl (C=O) groups excluding carboxylic acids is 2. The van der Waals surface area contributed by atoms with Crippen molar-refractivity contribution < 1.29 is 24.2 Å². The van der Waals surface area contributed by atoms with Crippen LogP contribution in [-0.4, -0.2) is 63.8 Å². The van der Waals surface area contributed by atoms with Gasteiger partial charge < -0.3 is 14.7 Å². The molecule has 0 unspecified atom stereocenters. The number of alkyl carbamates (subject to hydrolysis) is 1. The molecule has 2 aromatic rings. The Morgan fingerprint density at radius 3 is 2.35 bits per heavy atom. The van der Waals surface area contributed by atoms with Gasteiger partial charge in [0.15, 0.2) is 0 Å². The van der Waals surface area contributed by atoms with E-state index >= 15 is 0 Å². The number of nitrogens with one attached hydrogen (secondary N) is 2. The topological polar surface area (TPSA) is 155 Å². The van der Waals surface area contributed by atoms with Gasteiger partial charge in [0.25, 0.3) is 11.5 Å². The molecule has 0 atom stereocenters. The van der Waals surface area contributed by atoms with Crippen LogP contribution in [0.5, 0.6) is 0 Å². The smallest absolute Gasteiger partial charge is 0.412 e. The highest BCUT2D eigenvalue weighted by atomic mass is 16.5. The summed E-state index contributed by atoms with van der Waals surface area (Å²) >= 11 is 0. The highest BCUT2D eigenvalue weighted by molar-refractivity contribution is 6.04. The van der Waals surface area contributed by atoms with E-state index in [2.05, 4.69) is 15.2 Å². The molecule has 0 radical (unpaired) electrons. The van der Waals surface area contributed by atoms with Crippen LogP contribution >= 0.6 is 0 Å². The number of carbonyl (C=O) groups is 3. The predicted octanol–water partition coefficient (Wildman–Crippen LogP) is 1.84. The summed E-state index contributed by atoms with van der Waals surface area (Å²) in [6, 6.07) is 7.85. The van der Waals surface area contributed by atoms with Crippen molar-refractivity contribution >= 4 is 23.8 Å². The molecule has 180 valence electrons. The maximum Gasteiger partial charge on any atom is 0.412 e. The largest absolute Gasteiger partial charge is 0.481 e. The SMILES string of the molecule is COC(=O)NC(=N)c1ccc(-c2cc(C(=O)N(C)[C@H]3CC[C@H](C(=O)O)CC3)c(=O)n(C)n2)cc1. The van der Waals surface area contributed by atoms with E-state index in [0.29, 0.717) is 42.5 Å². The van der Waals surface area contributed by atoms with Crippen molar-refractivity contribution in [3.05, 3.63) is 51.8 Å². The maximum atomic E-state index is 13.2. The number of aromatic nitrogens is 2. The molecule has 0 bridgehead atoms. The normalized spacial score (nSPS) is 17.5. The van der Waals surface area contributed by atoms with Crippen LogP contribution in [0.3, 0.4) is 0 Å². The van der Waals surface area contributed by atoms with Crippen LogP contribution in [0.4, 0.5) is 4.79 Å². The number of nitrogens with zero attached hydrogens (tertiary/aromatic N) is 3. The third kappa shape index (κ3) is 5.30. The van der Waals surface area contributed by atoms with Crippen LogP contribution in [0.1, 0.15) is 41.6 Å². The van der Waals surface area contributed by atoms with Crippen LogP contribution in [-0.2, 0) is 16.6 Å². The molecular formula is C23H27N5O6. The van der Waals surface area contributed by atoms with Crippen LogP contribution < -0.4 is 10.9 Å². The molecule has 1 fully saturated rings. The first-order chi connectivity index (χ1) is 16.1. The number of benzene rings is 1. The zero-order valence-electron chi connectivity index (χ0n) is 19.2. The van der Waals surface area contributed by atoms with Gasteiger partial charge in [0, 0.05) is 31.3 Å². The third-order valence-corrected chi connectivity index (χ3v) is 6.09. The van der Waals surface area contributed by atoms with Gasteiger partial charge in [-0.25, -0.2) is 9.48 Å². The van der Waals surface area contributed by atoms with E-state index in [0.717, 1.165) is 4.68 Å². The van der Waals surface area contributed by atoms with E-state index < -0.39 is 29.4 Å². The quantitative estimate of drug-likeness (QED) is 0.446. The van der Waals surface area contributed by atoms with E-state index in [9.17, 15) is 24.3 Å². The van der Waals surface area contributed by atoms with Gasteiger partial charge in [-0.05, 0) is 31.7 Å². The molecule has 3 N–H and O–H groups in total. The fourth-order valence-electron chi connectivity index (χ4n) is 4.00. The predicted molar refractivity (Wildman–Crippen MR) is 123 cm³/mol. The molecule has 11 heteroatoms. The minimum Gasteiger partial charge on any atom is -0.481 e. The molecule has 3 rings (SSSR count). The molecule has 1 heterocycles. The number of hydrogen-bond donors (Lipinski definition) is 3. The number of aryl methyl sites for hydroxylation is 1. The Kier molecular flexibility index (Phi) is 7.44. The van der Waals surface area contributed by atoms with Crippen LogP contribution in [0, 0.1) is 11.3 Å². The number of amides is 2. The van der Waals surface area contributed by atoms with Crippen molar-refractivity contribution in [2.24, 2.45) is 13.0 Å². The summed E-state index contributed by atoms with van der Waals surface area (Å²) in [6.45, 7) is 0. The highest BCUT2D eigenvalue weighted by Gasteiger charge is 2.31. The van der Waals surface area contributed by atoms with Crippen molar-refractivity contribution in [2.45, 2.75) is 31.7 Å². The average molecular weight is 469 g/mol. The fraction of sp³-hybridized carbons (Fsp3) is 0.391. The van der Waals surface area contributed by atoms with Crippen LogP contribution in [0.25, 0.3) is 11.3 Å². The number of methoxy groups -OCH3 is 1. The Hall–Kier alpha value is -4.02. The van der Waals surface area contributed by atoms with Crippen molar-refractivity contribution in [3.63, 3.8) is 0 Å². The van der Waals surface area contributed by atoms with E-state index in [1.807, 2.05) is 0 Å². The van der Waals surface area contributed by atoms with Gasteiger partial charge in [-0.2, -0.15) is 5.10 Å². The molecule has 11 nitrogen and oxygen atoms in total.